The van der Waals surface area contributed by atoms with E-state index in [1.807, 2.05) is 31.3 Å². The lowest BCUT2D eigenvalue weighted by Crippen LogP contribution is -2.26. The number of hydrogen-bond donors (Lipinski definition) is 3. The molecule has 0 aliphatic heterocycles. The molecule has 2 aromatic heterocycles. The van der Waals surface area contributed by atoms with Gasteiger partial charge in [-0.05, 0) is 56.0 Å². The smallest absolute Gasteiger partial charge is 0.339 e. The van der Waals surface area contributed by atoms with Crippen LogP contribution in [0.15, 0.2) is 51.8 Å². The lowest BCUT2D eigenvalue weighted by atomic mass is 10.0. The minimum atomic E-state index is -0.458. The molecular formula is C24H24N2O4. The average molecular weight is 404 g/mol. The first kappa shape index (κ1) is 19.8. The van der Waals surface area contributed by atoms with E-state index >= 15 is 0 Å². The Bertz CT molecular complexity index is 1300. The lowest BCUT2D eigenvalue weighted by Gasteiger charge is -2.10. The first-order chi connectivity index (χ1) is 14.5. The minimum absolute atomic E-state index is 0.0902. The number of H-pyrrole nitrogens is 1. The van der Waals surface area contributed by atoms with Gasteiger partial charge in [-0.2, -0.15) is 0 Å². The molecule has 0 radical (unpaired) electrons. The number of aryl methyl sites for hydroxylation is 2. The van der Waals surface area contributed by atoms with Crippen LogP contribution in [0.2, 0.25) is 0 Å². The molecule has 30 heavy (non-hydrogen) atoms. The Morgan fingerprint density at radius 1 is 1.07 bits per heavy atom. The van der Waals surface area contributed by atoms with Gasteiger partial charge in [0, 0.05) is 46.6 Å². The zero-order valence-electron chi connectivity index (χ0n) is 17.0. The fraction of sp³-hybridized carbons (Fsp3) is 0.250. The summed E-state index contributed by atoms with van der Waals surface area (Å²) in [4.78, 5) is 28.0. The van der Waals surface area contributed by atoms with Crippen LogP contribution >= 0.6 is 0 Å². The van der Waals surface area contributed by atoms with Crippen LogP contribution in [0.5, 0.6) is 5.75 Å². The Kier molecular flexibility index (Phi) is 5.31. The molecule has 6 heteroatoms. The van der Waals surface area contributed by atoms with Crippen molar-refractivity contribution in [2.24, 2.45) is 0 Å². The molecule has 0 saturated heterocycles. The Labute approximate surface area is 173 Å². The number of rotatable bonds is 6. The third-order valence-electron chi connectivity index (χ3n) is 5.67. The van der Waals surface area contributed by atoms with E-state index in [-0.39, 0.29) is 18.1 Å². The second-order valence-electron chi connectivity index (χ2n) is 7.54. The molecule has 2 heterocycles. The van der Waals surface area contributed by atoms with Crippen LogP contribution in [-0.4, -0.2) is 22.5 Å². The van der Waals surface area contributed by atoms with E-state index < -0.39 is 5.63 Å². The number of benzene rings is 2. The highest BCUT2D eigenvalue weighted by Crippen LogP contribution is 2.28. The van der Waals surface area contributed by atoms with Gasteiger partial charge >= 0.3 is 5.63 Å². The van der Waals surface area contributed by atoms with Gasteiger partial charge in [0.15, 0.2) is 0 Å². The Balaban J connectivity index is 1.39. The predicted octanol–water partition coefficient (Wildman–Crippen LogP) is 3.89. The maximum absolute atomic E-state index is 12.4. The van der Waals surface area contributed by atoms with Gasteiger partial charge in [0.2, 0.25) is 5.91 Å². The number of aromatic nitrogens is 1. The first-order valence-corrected chi connectivity index (χ1v) is 10.0. The molecule has 0 saturated carbocycles. The number of amides is 1. The number of fused-ring (bicyclic) bond motifs is 2. The van der Waals surface area contributed by atoms with Gasteiger partial charge in [-0.3, -0.25) is 4.79 Å². The van der Waals surface area contributed by atoms with Crippen LogP contribution < -0.4 is 10.9 Å². The van der Waals surface area contributed by atoms with Gasteiger partial charge in [-0.15, -0.1) is 0 Å². The van der Waals surface area contributed by atoms with Gasteiger partial charge in [-0.1, -0.05) is 18.2 Å². The Hall–Kier alpha value is -3.54. The number of nitrogens with one attached hydrogen (secondary N) is 2. The molecule has 3 N–H and O–H groups in total. The van der Waals surface area contributed by atoms with Crippen molar-refractivity contribution in [1.29, 1.82) is 0 Å². The average Bonchev–Trinajstić information content (AvgIpc) is 3.14. The van der Waals surface area contributed by atoms with Crippen LogP contribution in [0.25, 0.3) is 21.9 Å². The normalized spacial score (nSPS) is 11.3. The third kappa shape index (κ3) is 3.68. The van der Waals surface area contributed by atoms with Crippen molar-refractivity contribution < 1.29 is 14.3 Å². The third-order valence-corrected chi connectivity index (χ3v) is 5.67. The summed E-state index contributed by atoms with van der Waals surface area (Å²) >= 11 is 0. The Morgan fingerprint density at radius 2 is 1.87 bits per heavy atom. The SMILES string of the molecule is Cc1c(CCC(=O)NCCc2c[nH]c3ccccc23)c(=O)oc2c(C)c(O)ccc12. The number of phenols is 1. The molecule has 4 aromatic rings. The van der Waals surface area contributed by atoms with Gasteiger partial charge < -0.3 is 19.8 Å². The topological polar surface area (TPSA) is 95.3 Å². The molecule has 6 nitrogen and oxygen atoms in total. The van der Waals surface area contributed by atoms with Crippen molar-refractivity contribution in [3.8, 4) is 5.75 Å². The number of carbonyl (C=O) groups excluding carboxylic acids is 1. The molecule has 0 spiro atoms. The summed E-state index contributed by atoms with van der Waals surface area (Å²) in [5.74, 6) is -0.0111. The molecule has 1 amide bonds. The lowest BCUT2D eigenvalue weighted by molar-refractivity contribution is -0.121. The van der Waals surface area contributed by atoms with Crippen molar-refractivity contribution in [2.45, 2.75) is 33.1 Å². The molecular weight excluding hydrogens is 380 g/mol. The second kappa shape index (κ2) is 8.06. The summed E-state index contributed by atoms with van der Waals surface area (Å²) < 4.78 is 5.44. The van der Waals surface area contributed by atoms with Crippen molar-refractivity contribution in [2.75, 3.05) is 6.54 Å². The Morgan fingerprint density at radius 3 is 2.70 bits per heavy atom. The summed E-state index contributed by atoms with van der Waals surface area (Å²) in [6.45, 7) is 4.09. The largest absolute Gasteiger partial charge is 0.508 e. The number of para-hydroxylation sites is 1. The number of carbonyl (C=O) groups is 1. The maximum atomic E-state index is 12.4. The highest BCUT2D eigenvalue weighted by molar-refractivity contribution is 5.86. The molecule has 4 rings (SSSR count). The van der Waals surface area contributed by atoms with Crippen LogP contribution in [0, 0.1) is 13.8 Å². The fourth-order valence-electron chi connectivity index (χ4n) is 3.87. The zero-order chi connectivity index (χ0) is 21.3. The van der Waals surface area contributed by atoms with E-state index in [9.17, 15) is 14.7 Å². The highest BCUT2D eigenvalue weighted by Gasteiger charge is 2.15. The number of aromatic hydroxyl groups is 1. The van der Waals surface area contributed by atoms with Gasteiger partial charge in [-0.25, -0.2) is 4.79 Å². The number of hydrogen-bond acceptors (Lipinski definition) is 4. The zero-order valence-corrected chi connectivity index (χ0v) is 17.0. The molecule has 0 fully saturated rings. The highest BCUT2D eigenvalue weighted by atomic mass is 16.4. The van der Waals surface area contributed by atoms with E-state index in [2.05, 4.69) is 16.4 Å². The maximum Gasteiger partial charge on any atom is 0.339 e. The minimum Gasteiger partial charge on any atom is -0.508 e. The van der Waals surface area contributed by atoms with Crippen LogP contribution in [-0.2, 0) is 17.6 Å². The summed E-state index contributed by atoms with van der Waals surface area (Å²) in [5.41, 5.74) is 4.01. The van der Waals surface area contributed by atoms with Crippen molar-refractivity contribution in [3.63, 3.8) is 0 Å². The quantitative estimate of drug-likeness (QED) is 0.425. The van der Waals surface area contributed by atoms with E-state index in [4.69, 9.17) is 4.42 Å². The fourth-order valence-corrected chi connectivity index (χ4v) is 3.87. The van der Waals surface area contributed by atoms with E-state index in [0.29, 0.717) is 29.7 Å². The molecule has 0 unspecified atom stereocenters. The monoisotopic (exact) mass is 404 g/mol. The molecule has 0 aliphatic rings. The van der Waals surface area contributed by atoms with Gasteiger partial charge in [0.05, 0.1) is 0 Å². The van der Waals surface area contributed by atoms with Crippen LogP contribution in [0.1, 0.15) is 28.7 Å². The molecule has 2 aromatic carbocycles. The molecule has 154 valence electrons. The number of aromatic amines is 1. The van der Waals surface area contributed by atoms with Crippen LogP contribution in [0.4, 0.5) is 0 Å². The van der Waals surface area contributed by atoms with Crippen LogP contribution in [0.3, 0.4) is 0 Å². The summed E-state index contributed by atoms with van der Waals surface area (Å²) in [7, 11) is 0. The van der Waals surface area contributed by atoms with Crippen molar-refractivity contribution >= 4 is 27.8 Å². The number of phenolic OH excluding ortho intramolecular Hbond substituents is 1. The van der Waals surface area contributed by atoms with E-state index in [1.54, 1.807) is 19.1 Å². The second-order valence-corrected chi connectivity index (χ2v) is 7.54. The molecule has 0 aliphatic carbocycles. The summed E-state index contributed by atoms with van der Waals surface area (Å²) in [6, 6.07) is 11.4. The molecule has 0 bridgehead atoms. The van der Waals surface area contributed by atoms with Crippen molar-refractivity contribution in [1.82, 2.24) is 10.3 Å². The van der Waals surface area contributed by atoms with E-state index in [1.165, 1.54) is 0 Å². The van der Waals surface area contributed by atoms with E-state index in [0.717, 1.165) is 33.8 Å². The van der Waals surface area contributed by atoms with Gasteiger partial charge in [0.25, 0.3) is 0 Å². The summed E-state index contributed by atoms with van der Waals surface area (Å²) in [6.07, 6.45) is 3.22. The van der Waals surface area contributed by atoms with Crippen molar-refractivity contribution in [3.05, 3.63) is 75.3 Å². The molecule has 0 atom stereocenters. The predicted molar refractivity (Wildman–Crippen MR) is 117 cm³/mol. The summed E-state index contributed by atoms with van der Waals surface area (Å²) in [5, 5.41) is 14.7. The standard InChI is InChI=1S/C24H24N2O4/c1-14-17-7-9-21(27)15(2)23(17)30-24(29)18(14)8-10-22(28)25-12-11-16-13-26-20-6-4-3-5-19(16)20/h3-7,9,13,26-27H,8,10-12H2,1-2H3,(H,25,28). The first-order valence-electron chi connectivity index (χ1n) is 10.0. The van der Waals surface area contributed by atoms with Gasteiger partial charge in [0.1, 0.15) is 11.3 Å².